The molecule has 0 unspecified atom stereocenters. The fourth-order valence-electron chi connectivity index (χ4n) is 1.20. The Hall–Kier alpha value is -1.15. The predicted molar refractivity (Wildman–Crippen MR) is 54.5 cm³/mol. The van der Waals surface area contributed by atoms with Gasteiger partial charge in [0.05, 0.1) is 6.61 Å². The van der Waals surface area contributed by atoms with Crippen molar-refractivity contribution in [1.82, 2.24) is 5.32 Å². The summed E-state index contributed by atoms with van der Waals surface area (Å²) in [4.78, 5) is 10.8. The molecule has 0 aromatic heterocycles. The van der Waals surface area contributed by atoms with Gasteiger partial charge >= 0.3 is 18.4 Å². The lowest BCUT2D eigenvalue weighted by molar-refractivity contribution is -0.256. The number of alkyl carbamates (subject to hydrolysis) is 1. The van der Waals surface area contributed by atoms with E-state index in [1.807, 2.05) is 6.92 Å². The van der Waals surface area contributed by atoms with E-state index in [-0.39, 0.29) is 6.61 Å². The molecule has 0 fully saturated rings. The van der Waals surface area contributed by atoms with Crippen LogP contribution in [0.5, 0.6) is 0 Å². The molecule has 1 amide bonds. The van der Waals surface area contributed by atoms with E-state index in [0.717, 1.165) is 18.2 Å². The minimum Gasteiger partial charge on any atom is -0.450 e. The second-order valence-electron chi connectivity index (χ2n) is 3.86. The average Bonchev–Trinajstić information content (AvgIpc) is 2.22. The summed E-state index contributed by atoms with van der Waals surface area (Å²) in [6, 6.07) is -3.91. The van der Waals surface area contributed by atoms with Crippen LogP contribution in [0.3, 0.4) is 0 Å². The highest BCUT2D eigenvalue weighted by atomic mass is 19.4. The molecule has 0 aromatic rings. The highest BCUT2D eigenvalue weighted by Gasteiger charge is 2.57. The summed E-state index contributed by atoms with van der Waals surface area (Å²) in [6.45, 7) is 1.71. The van der Waals surface area contributed by atoms with Gasteiger partial charge in [0.25, 0.3) is 0 Å². The zero-order valence-corrected chi connectivity index (χ0v) is 10.2. The van der Waals surface area contributed by atoms with E-state index in [4.69, 9.17) is 0 Å². The monoisotopic (exact) mass is 295 g/mol. The van der Waals surface area contributed by atoms with E-state index in [0.29, 0.717) is 12.8 Å². The molecule has 0 atom stereocenters. The van der Waals surface area contributed by atoms with Crippen LogP contribution < -0.4 is 5.32 Å². The van der Waals surface area contributed by atoms with Crippen LogP contribution >= 0.6 is 0 Å². The molecular weight excluding hydrogens is 280 g/mol. The van der Waals surface area contributed by atoms with Crippen molar-refractivity contribution in [1.29, 1.82) is 0 Å². The number of hydrogen-bond donors (Lipinski definition) is 1. The molecule has 0 radical (unpaired) electrons. The first kappa shape index (κ1) is 17.8. The Morgan fingerprint density at radius 1 is 1.05 bits per heavy atom. The molecule has 3 nitrogen and oxygen atoms in total. The number of rotatable bonds is 6. The lowest BCUT2D eigenvalue weighted by atomic mass is 10.2. The molecule has 0 aromatic carbocycles. The van der Waals surface area contributed by atoms with Gasteiger partial charge in [0.1, 0.15) is 0 Å². The highest BCUT2D eigenvalue weighted by molar-refractivity contribution is 5.67. The Bertz CT molecular complexity index is 262. The smallest absolute Gasteiger partial charge is 0.417 e. The van der Waals surface area contributed by atoms with Crippen LogP contribution in [-0.4, -0.2) is 31.1 Å². The predicted octanol–water partition coefficient (Wildman–Crippen LogP) is 3.79. The number of nitrogens with one attached hydrogen (secondary N) is 1. The van der Waals surface area contributed by atoms with Gasteiger partial charge in [-0.15, -0.1) is 0 Å². The molecular formula is C10H15F6NO2. The molecule has 9 heteroatoms. The van der Waals surface area contributed by atoms with Gasteiger partial charge in [0.15, 0.2) is 0 Å². The Kier molecular flexibility index (Phi) is 6.99. The topological polar surface area (TPSA) is 38.3 Å². The molecule has 1 N–H and O–H groups in total. The van der Waals surface area contributed by atoms with Gasteiger partial charge in [-0.05, 0) is 6.42 Å². The minimum absolute atomic E-state index is 0.214. The van der Waals surface area contributed by atoms with Crippen LogP contribution in [0.15, 0.2) is 0 Å². The minimum atomic E-state index is -5.61. The molecule has 114 valence electrons. The number of carbonyl (C=O) groups excluding carboxylic acids is 1. The van der Waals surface area contributed by atoms with Gasteiger partial charge in [0, 0.05) is 0 Å². The molecule has 0 spiro atoms. The molecule has 0 rings (SSSR count). The average molecular weight is 295 g/mol. The summed E-state index contributed by atoms with van der Waals surface area (Å²) in [6.07, 6.45) is -10.1. The van der Waals surface area contributed by atoms with E-state index in [1.165, 1.54) is 0 Å². The van der Waals surface area contributed by atoms with Crippen molar-refractivity contribution in [2.45, 2.75) is 51.0 Å². The van der Waals surface area contributed by atoms with Crippen molar-refractivity contribution in [3.05, 3.63) is 0 Å². The third-order valence-corrected chi connectivity index (χ3v) is 2.15. The van der Waals surface area contributed by atoms with Gasteiger partial charge in [-0.25, -0.2) is 4.79 Å². The number of carbonyl (C=O) groups is 1. The van der Waals surface area contributed by atoms with Crippen LogP contribution in [0.4, 0.5) is 31.1 Å². The van der Waals surface area contributed by atoms with Crippen molar-refractivity contribution in [2.24, 2.45) is 0 Å². The Morgan fingerprint density at radius 2 is 1.58 bits per heavy atom. The fraction of sp³-hybridized carbons (Fsp3) is 0.900. The Balaban J connectivity index is 4.20. The lowest BCUT2D eigenvalue weighted by Crippen LogP contribution is -2.54. The summed E-state index contributed by atoms with van der Waals surface area (Å²) in [5.41, 5.74) is 0. The van der Waals surface area contributed by atoms with E-state index in [9.17, 15) is 31.1 Å². The molecule has 19 heavy (non-hydrogen) atoms. The Labute approximate surface area is 106 Å². The molecule has 0 saturated carbocycles. The number of amides is 1. The quantitative estimate of drug-likeness (QED) is 0.598. The molecule has 0 aliphatic rings. The number of unbranched alkanes of at least 4 members (excludes halogenated alkanes) is 3. The van der Waals surface area contributed by atoms with Crippen LogP contribution in [0.2, 0.25) is 0 Å². The van der Waals surface area contributed by atoms with Crippen molar-refractivity contribution in [3.63, 3.8) is 0 Å². The van der Waals surface area contributed by atoms with Crippen LogP contribution in [0.25, 0.3) is 0 Å². The van der Waals surface area contributed by atoms with Crippen LogP contribution in [0, 0.1) is 0 Å². The van der Waals surface area contributed by atoms with Gasteiger partial charge < -0.3 is 10.1 Å². The maximum Gasteiger partial charge on any atom is 0.417 e. The zero-order valence-electron chi connectivity index (χ0n) is 10.2. The molecule has 0 bridgehead atoms. The van der Waals surface area contributed by atoms with Crippen molar-refractivity contribution >= 4 is 6.09 Å². The first-order valence-electron chi connectivity index (χ1n) is 5.65. The van der Waals surface area contributed by atoms with Crippen molar-refractivity contribution in [2.75, 3.05) is 6.61 Å². The Morgan fingerprint density at radius 3 is 2.00 bits per heavy atom. The summed E-state index contributed by atoms with van der Waals surface area (Å²) in [5, 5.41) is 0.777. The first-order valence-corrected chi connectivity index (χ1v) is 5.65. The van der Waals surface area contributed by atoms with E-state index in [1.54, 1.807) is 0 Å². The van der Waals surface area contributed by atoms with Crippen LogP contribution in [-0.2, 0) is 4.74 Å². The largest absolute Gasteiger partial charge is 0.450 e. The standard InChI is InChI=1S/C10H15F6NO2/c1-2-3-4-5-6-19-8(18)17-7(9(11,12)13)10(14,15)16/h7H,2-6H2,1H3,(H,17,18). The van der Waals surface area contributed by atoms with E-state index in [2.05, 4.69) is 4.74 Å². The molecule has 0 heterocycles. The van der Waals surface area contributed by atoms with E-state index < -0.39 is 24.5 Å². The zero-order chi connectivity index (χ0) is 15.1. The number of halogens is 6. The molecule has 0 saturated heterocycles. The van der Waals surface area contributed by atoms with Gasteiger partial charge in [0.2, 0.25) is 6.04 Å². The van der Waals surface area contributed by atoms with Gasteiger partial charge in [-0.1, -0.05) is 26.2 Å². The lowest BCUT2D eigenvalue weighted by Gasteiger charge is -2.23. The highest BCUT2D eigenvalue weighted by Crippen LogP contribution is 2.33. The maximum absolute atomic E-state index is 12.1. The summed E-state index contributed by atoms with van der Waals surface area (Å²) >= 11 is 0. The van der Waals surface area contributed by atoms with Crippen molar-refractivity contribution < 1.29 is 35.9 Å². The van der Waals surface area contributed by atoms with Gasteiger partial charge in [-0.2, -0.15) is 26.3 Å². The van der Waals surface area contributed by atoms with Crippen LogP contribution in [0.1, 0.15) is 32.6 Å². The van der Waals surface area contributed by atoms with E-state index >= 15 is 0 Å². The molecule has 0 aliphatic carbocycles. The third kappa shape index (κ3) is 7.78. The molecule has 0 aliphatic heterocycles. The normalized spacial score (nSPS) is 12.6. The first-order chi connectivity index (χ1) is 8.59. The fourth-order valence-corrected chi connectivity index (χ4v) is 1.20. The van der Waals surface area contributed by atoms with Gasteiger partial charge in [-0.3, -0.25) is 0 Å². The SMILES string of the molecule is CCCCCCOC(=O)NC(C(F)(F)F)C(F)(F)F. The number of alkyl halides is 6. The number of hydrogen-bond acceptors (Lipinski definition) is 2. The summed E-state index contributed by atoms with van der Waals surface area (Å²) < 4.78 is 76.7. The second kappa shape index (κ2) is 7.44. The van der Waals surface area contributed by atoms with Crippen molar-refractivity contribution in [3.8, 4) is 0 Å². The summed E-state index contributed by atoms with van der Waals surface area (Å²) in [5.74, 6) is 0. The number of ether oxygens (including phenoxy) is 1. The third-order valence-electron chi connectivity index (χ3n) is 2.15. The summed E-state index contributed by atoms with van der Waals surface area (Å²) in [7, 11) is 0. The second-order valence-corrected chi connectivity index (χ2v) is 3.86. The maximum atomic E-state index is 12.1.